The Hall–Kier alpha value is -5.33. The highest BCUT2D eigenvalue weighted by Crippen LogP contribution is 2.21. The molecule has 13 heteroatoms. The molecule has 0 bridgehead atoms. The van der Waals surface area contributed by atoms with E-state index in [9.17, 15) is 34.1 Å². The molecule has 0 spiro atoms. The van der Waals surface area contributed by atoms with Gasteiger partial charge >= 0.3 is 11.9 Å². The molecule has 1 aliphatic rings. The molecule has 1 fully saturated rings. The van der Waals surface area contributed by atoms with Crippen LogP contribution >= 0.6 is 0 Å². The second-order valence-electron chi connectivity index (χ2n) is 8.04. The SMILES string of the molecule is O=C(COC(=O)[C@H]1CC(=O)N(NC(=O)c2ccccc2[N+](=O)[O-])C1)c1ccc(OC(=O)c2ccco2)cc1. The number of nitro benzene ring substituents is 1. The molecule has 1 atom stereocenters. The maximum absolute atomic E-state index is 12.5. The minimum absolute atomic E-state index is 0.0157. The van der Waals surface area contributed by atoms with E-state index in [-0.39, 0.29) is 35.6 Å². The van der Waals surface area contributed by atoms with Crippen LogP contribution in [0.5, 0.6) is 5.75 Å². The van der Waals surface area contributed by atoms with E-state index in [1.165, 1.54) is 60.9 Å². The van der Waals surface area contributed by atoms with Gasteiger partial charge in [0.25, 0.3) is 11.6 Å². The molecule has 1 aliphatic heterocycles. The Balaban J connectivity index is 1.27. The summed E-state index contributed by atoms with van der Waals surface area (Å²) in [5.74, 6) is -4.30. The number of esters is 2. The fraction of sp³-hybridized carbons (Fsp3) is 0.160. The van der Waals surface area contributed by atoms with E-state index in [1.54, 1.807) is 0 Å². The van der Waals surface area contributed by atoms with Crippen molar-refractivity contribution in [2.24, 2.45) is 5.92 Å². The summed E-state index contributed by atoms with van der Waals surface area (Å²) in [5.41, 5.74) is 1.78. The number of ketones is 1. The van der Waals surface area contributed by atoms with Crippen LogP contribution < -0.4 is 10.2 Å². The molecule has 3 aromatic rings. The van der Waals surface area contributed by atoms with Gasteiger partial charge < -0.3 is 13.9 Å². The fourth-order valence-electron chi connectivity index (χ4n) is 3.58. The van der Waals surface area contributed by atoms with Gasteiger partial charge in [-0.25, -0.2) is 4.79 Å². The zero-order chi connectivity index (χ0) is 27.2. The summed E-state index contributed by atoms with van der Waals surface area (Å²) in [6.07, 6.45) is 1.05. The first-order valence-corrected chi connectivity index (χ1v) is 11.1. The lowest BCUT2D eigenvalue weighted by atomic mass is 10.1. The fourth-order valence-corrected chi connectivity index (χ4v) is 3.58. The van der Waals surface area contributed by atoms with Crippen molar-refractivity contribution in [1.82, 2.24) is 10.4 Å². The van der Waals surface area contributed by atoms with Crippen molar-refractivity contribution in [3.8, 4) is 5.75 Å². The van der Waals surface area contributed by atoms with Crippen molar-refractivity contribution < 1.29 is 42.8 Å². The smallest absolute Gasteiger partial charge is 0.379 e. The number of carbonyl (C=O) groups is 5. The third-order valence-corrected chi connectivity index (χ3v) is 5.49. The Morgan fingerprint density at radius 2 is 1.79 bits per heavy atom. The molecule has 13 nitrogen and oxygen atoms in total. The van der Waals surface area contributed by atoms with Gasteiger partial charge in [-0.3, -0.25) is 39.7 Å². The average Bonchev–Trinajstić information content (AvgIpc) is 3.58. The van der Waals surface area contributed by atoms with E-state index < -0.39 is 52.7 Å². The lowest BCUT2D eigenvalue weighted by molar-refractivity contribution is -0.385. The summed E-state index contributed by atoms with van der Waals surface area (Å²) in [6, 6.07) is 13.8. The van der Waals surface area contributed by atoms with Crippen LogP contribution in [0, 0.1) is 16.0 Å². The summed E-state index contributed by atoms with van der Waals surface area (Å²) < 4.78 is 15.1. The van der Waals surface area contributed by atoms with Crippen LogP contribution in [-0.4, -0.2) is 52.6 Å². The zero-order valence-corrected chi connectivity index (χ0v) is 19.5. The van der Waals surface area contributed by atoms with Crippen LogP contribution in [0.4, 0.5) is 5.69 Å². The number of hydrogen-bond donors (Lipinski definition) is 1. The number of ether oxygens (including phenoxy) is 2. The number of nitrogens with one attached hydrogen (secondary N) is 1. The second-order valence-corrected chi connectivity index (χ2v) is 8.04. The highest BCUT2D eigenvalue weighted by Gasteiger charge is 2.37. The average molecular weight is 521 g/mol. The van der Waals surface area contributed by atoms with Gasteiger partial charge in [-0.2, -0.15) is 0 Å². The number of nitro groups is 1. The summed E-state index contributed by atoms with van der Waals surface area (Å²) in [7, 11) is 0. The first-order chi connectivity index (χ1) is 18.2. The van der Waals surface area contributed by atoms with Crippen molar-refractivity contribution in [2.75, 3.05) is 13.2 Å². The Morgan fingerprint density at radius 3 is 2.47 bits per heavy atom. The summed E-state index contributed by atoms with van der Waals surface area (Å²) >= 11 is 0. The molecule has 194 valence electrons. The molecular formula is C25H19N3O10. The second kappa shape index (κ2) is 11.2. The Morgan fingerprint density at radius 1 is 1.05 bits per heavy atom. The maximum atomic E-state index is 12.5. The third kappa shape index (κ3) is 5.90. The quantitative estimate of drug-likeness (QED) is 0.145. The monoisotopic (exact) mass is 521 g/mol. The van der Waals surface area contributed by atoms with Gasteiger partial charge in [0, 0.05) is 18.1 Å². The van der Waals surface area contributed by atoms with Crippen LogP contribution in [0.1, 0.15) is 37.7 Å². The number of furan rings is 1. The van der Waals surface area contributed by atoms with Gasteiger partial charge in [-0.15, -0.1) is 0 Å². The zero-order valence-electron chi connectivity index (χ0n) is 19.5. The first-order valence-electron chi connectivity index (χ1n) is 11.1. The highest BCUT2D eigenvalue weighted by atomic mass is 16.6. The number of carbonyl (C=O) groups excluding carboxylic acids is 5. The summed E-state index contributed by atoms with van der Waals surface area (Å²) in [6.45, 7) is -0.828. The normalized spacial score (nSPS) is 14.6. The molecular weight excluding hydrogens is 502 g/mol. The molecule has 1 aromatic heterocycles. The van der Waals surface area contributed by atoms with Crippen LogP contribution in [-0.2, 0) is 14.3 Å². The minimum Gasteiger partial charge on any atom is -0.457 e. The Kier molecular flexibility index (Phi) is 7.56. The summed E-state index contributed by atoms with van der Waals surface area (Å²) in [4.78, 5) is 71.9. The third-order valence-electron chi connectivity index (χ3n) is 5.49. The van der Waals surface area contributed by atoms with Gasteiger partial charge in [-0.1, -0.05) is 12.1 Å². The molecule has 2 heterocycles. The predicted octanol–water partition coefficient (Wildman–Crippen LogP) is 2.33. The van der Waals surface area contributed by atoms with Gasteiger partial charge in [-0.05, 0) is 42.5 Å². The van der Waals surface area contributed by atoms with Crippen LogP contribution in [0.2, 0.25) is 0 Å². The summed E-state index contributed by atoms with van der Waals surface area (Å²) in [5, 5.41) is 12.0. The lowest BCUT2D eigenvalue weighted by Gasteiger charge is -2.17. The number of Topliss-reactive ketones (excluding diaryl/α,β-unsaturated/α-hetero) is 1. The van der Waals surface area contributed by atoms with Crippen molar-refractivity contribution in [3.63, 3.8) is 0 Å². The van der Waals surface area contributed by atoms with E-state index in [0.29, 0.717) is 0 Å². The molecule has 0 unspecified atom stereocenters. The number of hydrogen-bond acceptors (Lipinski definition) is 10. The standard InChI is InChI=1S/C25H19N3O10/c29-20(15-7-9-17(10-8-15)38-25(33)21-6-3-11-36-21)14-37-24(32)16-12-22(30)27(13-16)26-23(31)18-4-1-2-5-19(18)28(34)35/h1-11,16H,12-14H2,(H,26,31)/t16-/m0/s1. The Bertz CT molecular complexity index is 1400. The number of amides is 2. The maximum Gasteiger partial charge on any atom is 0.379 e. The van der Waals surface area contributed by atoms with Gasteiger partial charge in [0.15, 0.2) is 12.4 Å². The van der Waals surface area contributed by atoms with Crippen molar-refractivity contribution in [1.29, 1.82) is 0 Å². The van der Waals surface area contributed by atoms with Gasteiger partial charge in [0.2, 0.25) is 11.7 Å². The Labute approximate surface area is 214 Å². The molecule has 1 N–H and O–H groups in total. The van der Waals surface area contributed by atoms with Crippen LogP contribution in [0.3, 0.4) is 0 Å². The topological polar surface area (TPSA) is 175 Å². The first kappa shape index (κ1) is 25.8. The lowest BCUT2D eigenvalue weighted by Crippen LogP contribution is -2.43. The predicted molar refractivity (Wildman–Crippen MR) is 126 cm³/mol. The molecule has 0 saturated carbocycles. The van der Waals surface area contributed by atoms with Gasteiger partial charge in [0.1, 0.15) is 11.3 Å². The van der Waals surface area contributed by atoms with Crippen molar-refractivity contribution in [2.45, 2.75) is 6.42 Å². The minimum atomic E-state index is -0.954. The highest BCUT2D eigenvalue weighted by molar-refractivity contribution is 6.00. The molecule has 2 aromatic carbocycles. The molecule has 38 heavy (non-hydrogen) atoms. The van der Waals surface area contributed by atoms with E-state index in [0.717, 1.165) is 11.1 Å². The van der Waals surface area contributed by atoms with Crippen molar-refractivity contribution >= 4 is 35.2 Å². The van der Waals surface area contributed by atoms with E-state index in [4.69, 9.17) is 13.9 Å². The van der Waals surface area contributed by atoms with E-state index in [2.05, 4.69) is 5.43 Å². The molecule has 0 aliphatic carbocycles. The number of para-hydroxylation sites is 1. The molecule has 0 radical (unpaired) electrons. The van der Waals surface area contributed by atoms with Crippen molar-refractivity contribution in [3.05, 3.63) is 93.9 Å². The number of nitrogens with zero attached hydrogens (tertiary/aromatic N) is 2. The molecule has 1 saturated heterocycles. The molecule has 2 amide bonds. The largest absolute Gasteiger partial charge is 0.457 e. The number of benzene rings is 2. The van der Waals surface area contributed by atoms with E-state index >= 15 is 0 Å². The number of hydrazine groups is 1. The van der Waals surface area contributed by atoms with E-state index in [1.807, 2.05) is 0 Å². The number of rotatable bonds is 9. The van der Waals surface area contributed by atoms with Crippen LogP contribution in [0.25, 0.3) is 0 Å². The van der Waals surface area contributed by atoms with Gasteiger partial charge in [0.05, 0.1) is 23.6 Å². The van der Waals surface area contributed by atoms with Crippen LogP contribution in [0.15, 0.2) is 71.3 Å². The molecule has 4 rings (SSSR count).